The standard InChI is InChI=1S/C17H25N3O3S/c1-24(22,23)20-13-16(14-20)17(21)19-11-9-18(10-12-19)8-7-15-5-3-2-4-6-15/h2-6,16H,7-14H2,1H3. The van der Waals surface area contributed by atoms with E-state index >= 15 is 0 Å². The number of amides is 1. The van der Waals surface area contributed by atoms with Gasteiger partial charge in [-0.15, -0.1) is 0 Å². The molecular formula is C17H25N3O3S. The van der Waals surface area contributed by atoms with Crippen LogP contribution in [0, 0.1) is 5.92 Å². The van der Waals surface area contributed by atoms with Gasteiger partial charge in [0.25, 0.3) is 0 Å². The quantitative estimate of drug-likeness (QED) is 0.764. The molecule has 0 radical (unpaired) electrons. The Morgan fingerprint density at radius 3 is 2.29 bits per heavy atom. The fraction of sp³-hybridized carbons (Fsp3) is 0.588. The second-order valence-electron chi connectivity index (χ2n) is 6.68. The van der Waals surface area contributed by atoms with E-state index in [0.717, 1.165) is 39.1 Å². The molecular weight excluding hydrogens is 326 g/mol. The predicted octanol–water partition coefficient (Wildman–Crippen LogP) is 0.265. The van der Waals surface area contributed by atoms with E-state index in [9.17, 15) is 13.2 Å². The lowest BCUT2D eigenvalue weighted by Gasteiger charge is -2.41. The van der Waals surface area contributed by atoms with E-state index in [1.54, 1.807) is 0 Å². The molecule has 0 bridgehead atoms. The average Bonchev–Trinajstić information content (AvgIpc) is 2.51. The maximum atomic E-state index is 12.4. The molecule has 2 aliphatic heterocycles. The van der Waals surface area contributed by atoms with Gasteiger partial charge in [-0.25, -0.2) is 12.7 Å². The molecule has 2 saturated heterocycles. The normalized spacial score (nSPS) is 20.8. The SMILES string of the molecule is CS(=O)(=O)N1CC(C(=O)N2CCN(CCc3ccccc3)CC2)C1. The van der Waals surface area contributed by atoms with E-state index in [1.165, 1.54) is 16.1 Å². The Labute approximate surface area is 144 Å². The molecule has 3 rings (SSSR count). The maximum Gasteiger partial charge on any atom is 0.228 e. The lowest BCUT2D eigenvalue weighted by molar-refractivity contribution is -0.140. The molecule has 24 heavy (non-hydrogen) atoms. The third-order valence-corrected chi connectivity index (χ3v) is 6.15. The maximum absolute atomic E-state index is 12.4. The molecule has 0 unspecified atom stereocenters. The number of nitrogens with zero attached hydrogens (tertiary/aromatic N) is 3. The molecule has 0 aromatic heterocycles. The molecule has 0 N–H and O–H groups in total. The van der Waals surface area contributed by atoms with Crippen molar-refractivity contribution in [1.82, 2.24) is 14.1 Å². The van der Waals surface area contributed by atoms with Crippen molar-refractivity contribution in [3.8, 4) is 0 Å². The van der Waals surface area contributed by atoms with Crippen molar-refractivity contribution in [3.63, 3.8) is 0 Å². The molecule has 1 aromatic carbocycles. The van der Waals surface area contributed by atoms with Gasteiger partial charge in [0.05, 0.1) is 12.2 Å². The number of sulfonamides is 1. The van der Waals surface area contributed by atoms with Gasteiger partial charge in [0.15, 0.2) is 0 Å². The summed E-state index contributed by atoms with van der Waals surface area (Å²) in [4.78, 5) is 16.7. The summed E-state index contributed by atoms with van der Waals surface area (Å²) < 4.78 is 24.1. The minimum absolute atomic E-state index is 0.109. The Hall–Kier alpha value is -1.44. The summed E-state index contributed by atoms with van der Waals surface area (Å²) in [5.41, 5.74) is 1.34. The summed E-state index contributed by atoms with van der Waals surface area (Å²) >= 11 is 0. The summed E-state index contributed by atoms with van der Waals surface area (Å²) in [6.07, 6.45) is 2.22. The molecule has 0 atom stereocenters. The first-order valence-electron chi connectivity index (χ1n) is 8.43. The number of rotatable bonds is 5. The van der Waals surface area contributed by atoms with E-state index in [4.69, 9.17) is 0 Å². The summed E-state index contributed by atoms with van der Waals surface area (Å²) in [6, 6.07) is 10.4. The number of carbonyl (C=O) groups is 1. The zero-order chi connectivity index (χ0) is 17.2. The second kappa shape index (κ2) is 7.21. The third-order valence-electron chi connectivity index (χ3n) is 4.91. The van der Waals surface area contributed by atoms with Crippen molar-refractivity contribution in [2.45, 2.75) is 6.42 Å². The molecule has 1 aromatic rings. The van der Waals surface area contributed by atoms with E-state index in [-0.39, 0.29) is 11.8 Å². The van der Waals surface area contributed by atoms with Crippen LogP contribution in [0.15, 0.2) is 30.3 Å². The fourth-order valence-electron chi connectivity index (χ4n) is 3.25. The predicted molar refractivity (Wildman–Crippen MR) is 93.1 cm³/mol. The summed E-state index contributed by atoms with van der Waals surface area (Å²) in [5.74, 6) is -0.0480. The number of benzene rings is 1. The summed E-state index contributed by atoms with van der Waals surface area (Å²) in [7, 11) is -3.15. The van der Waals surface area contributed by atoms with Crippen LogP contribution in [0.3, 0.4) is 0 Å². The smallest absolute Gasteiger partial charge is 0.228 e. The lowest BCUT2D eigenvalue weighted by Crippen LogP contribution is -2.58. The van der Waals surface area contributed by atoms with E-state index in [0.29, 0.717) is 13.1 Å². The van der Waals surface area contributed by atoms with Gasteiger partial charge in [-0.2, -0.15) is 0 Å². The van der Waals surface area contributed by atoms with Crippen molar-refractivity contribution >= 4 is 15.9 Å². The molecule has 7 heteroatoms. The highest BCUT2D eigenvalue weighted by molar-refractivity contribution is 7.88. The number of hydrogen-bond donors (Lipinski definition) is 0. The van der Waals surface area contributed by atoms with Crippen LogP contribution in [0.4, 0.5) is 0 Å². The molecule has 0 saturated carbocycles. The van der Waals surface area contributed by atoms with Crippen molar-refractivity contribution in [1.29, 1.82) is 0 Å². The van der Waals surface area contributed by atoms with E-state index < -0.39 is 10.0 Å². The number of hydrogen-bond acceptors (Lipinski definition) is 4. The van der Waals surface area contributed by atoms with Crippen LogP contribution in [-0.4, -0.2) is 80.5 Å². The molecule has 2 aliphatic rings. The van der Waals surface area contributed by atoms with Crippen LogP contribution in [0.25, 0.3) is 0 Å². The zero-order valence-corrected chi connectivity index (χ0v) is 14.9. The first-order chi connectivity index (χ1) is 11.4. The monoisotopic (exact) mass is 351 g/mol. The van der Waals surface area contributed by atoms with Crippen LogP contribution in [0.5, 0.6) is 0 Å². The minimum Gasteiger partial charge on any atom is -0.340 e. The van der Waals surface area contributed by atoms with Crippen molar-refractivity contribution in [2.75, 3.05) is 52.1 Å². The fourth-order valence-corrected chi connectivity index (χ4v) is 4.15. The van der Waals surface area contributed by atoms with E-state index in [1.807, 2.05) is 11.0 Å². The molecule has 0 aliphatic carbocycles. The van der Waals surface area contributed by atoms with Crippen LogP contribution in [0.1, 0.15) is 5.56 Å². The molecule has 2 fully saturated rings. The largest absolute Gasteiger partial charge is 0.340 e. The molecule has 132 valence electrons. The zero-order valence-electron chi connectivity index (χ0n) is 14.1. The molecule has 2 heterocycles. The van der Waals surface area contributed by atoms with Gasteiger partial charge < -0.3 is 4.90 Å². The van der Waals surface area contributed by atoms with Crippen LogP contribution < -0.4 is 0 Å². The average molecular weight is 351 g/mol. The Balaban J connectivity index is 1.40. The Kier molecular flexibility index (Phi) is 5.22. The molecule has 1 amide bonds. The first-order valence-corrected chi connectivity index (χ1v) is 10.3. The van der Waals surface area contributed by atoms with Gasteiger partial charge in [-0.3, -0.25) is 9.69 Å². The molecule has 6 nitrogen and oxygen atoms in total. The van der Waals surface area contributed by atoms with Crippen LogP contribution in [-0.2, 0) is 21.2 Å². The highest BCUT2D eigenvalue weighted by Crippen LogP contribution is 2.21. The van der Waals surface area contributed by atoms with Gasteiger partial charge >= 0.3 is 0 Å². The summed E-state index contributed by atoms with van der Waals surface area (Å²) in [5, 5.41) is 0. The van der Waals surface area contributed by atoms with Crippen molar-refractivity contribution in [2.24, 2.45) is 5.92 Å². The third kappa shape index (κ3) is 4.15. The van der Waals surface area contributed by atoms with Gasteiger partial charge in [0, 0.05) is 45.8 Å². The van der Waals surface area contributed by atoms with Crippen LogP contribution in [0.2, 0.25) is 0 Å². The topological polar surface area (TPSA) is 60.9 Å². The highest BCUT2D eigenvalue weighted by Gasteiger charge is 2.40. The van der Waals surface area contributed by atoms with Crippen molar-refractivity contribution in [3.05, 3.63) is 35.9 Å². The van der Waals surface area contributed by atoms with Gasteiger partial charge in [0.1, 0.15) is 0 Å². The number of piperazine rings is 1. The Morgan fingerprint density at radius 1 is 1.08 bits per heavy atom. The molecule has 0 spiro atoms. The summed E-state index contributed by atoms with van der Waals surface area (Å²) in [6.45, 7) is 4.95. The highest BCUT2D eigenvalue weighted by atomic mass is 32.2. The van der Waals surface area contributed by atoms with Gasteiger partial charge in [-0.1, -0.05) is 30.3 Å². The second-order valence-corrected chi connectivity index (χ2v) is 8.66. The first kappa shape index (κ1) is 17.4. The Bertz CT molecular complexity index is 664. The van der Waals surface area contributed by atoms with E-state index in [2.05, 4.69) is 29.2 Å². The van der Waals surface area contributed by atoms with Crippen LogP contribution >= 0.6 is 0 Å². The minimum atomic E-state index is -3.15. The number of carbonyl (C=O) groups excluding carboxylic acids is 1. The van der Waals surface area contributed by atoms with Gasteiger partial charge in [-0.05, 0) is 12.0 Å². The van der Waals surface area contributed by atoms with Gasteiger partial charge in [0.2, 0.25) is 15.9 Å². The Morgan fingerprint density at radius 2 is 1.71 bits per heavy atom. The lowest BCUT2D eigenvalue weighted by atomic mass is 10.0. The van der Waals surface area contributed by atoms with Crippen molar-refractivity contribution < 1.29 is 13.2 Å².